The molecule has 3 N–H and O–H groups in total. The van der Waals surface area contributed by atoms with Crippen LogP contribution in [0.4, 0.5) is 0 Å². The maximum atomic E-state index is 9.89. The molecule has 1 radical (unpaired) electrons. The van der Waals surface area contributed by atoms with Crippen molar-refractivity contribution in [1.29, 1.82) is 0 Å². The number of likely N-dealkylation sites (N-methyl/N-ethyl adjacent to an activating group) is 1. The van der Waals surface area contributed by atoms with Crippen molar-refractivity contribution >= 4 is 5.91 Å². The first-order valence-electron chi connectivity index (χ1n) is 1.58. The summed E-state index contributed by atoms with van der Waals surface area (Å²) in [5, 5.41) is 2.30. The molecule has 0 saturated heterocycles. The second-order valence-electron chi connectivity index (χ2n) is 0.781. The number of nitrogens with two attached hydrogens (primary N) is 1. The Hall–Kier alpha value is -0.570. The Kier molecular flexibility index (Phi) is 2.40. The van der Waals surface area contributed by atoms with Crippen molar-refractivity contribution in [2.75, 3.05) is 7.05 Å². The first kappa shape index (κ1) is 5.43. The number of amides is 1. The Morgan fingerprint density at radius 3 is 2.50 bits per heavy atom. The molecule has 0 heterocycles. The third-order valence-corrected chi connectivity index (χ3v) is 0.398. The highest BCUT2D eigenvalue weighted by atomic mass is 16.1. The zero-order valence-corrected chi connectivity index (χ0v) is 3.56. The van der Waals surface area contributed by atoms with Crippen molar-refractivity contribution in [1.82, 2.24) is 5.32 Å². The van der Waals surface area contributed by atoms with Crippen molar-refractivity contribution in [3.63, 3.8) is 0 Å². The first-order valence-corrected chi connectivity index (χ1v) is 1.58. The minimum absolute atomic E-state index is 0.255. The summed E-state index contributed by atoms with van der Waals surface area (Å²) in [6, 6.07) is 0. The zero-order valence-electron chi connectivity index (χ0n) is 3.56. The summed E-state index contributed by atoms with van der Waals surface area (Å²) in [4.78, 5) is 9.89. The summed E-state index contributed by atoms with van der Waals surface area (Å²) in [6.07, 6.45) is 0. The standard InChI is InChI=1S/C3H7N2O/c1-5-3(6)2-4/h2H,4H2,1H3,(H,5,6). The fourth-order valence-corrected chi connectivity index (χ4v) is 0.0833. The molecule has 0 rings (SSSR count). The molecule has 0 fully saturated rings. The topological polar surface area (TPSA) is 55.1 Å². The van der Waals surface area contributed by atoms with Gasteiger partial charge in [0.25, 0.3) is 0 Å². The van der Waals surface area contributed by atoms with Crippen LogP contribution in [0.25, 0.3) is 0 Å². The molecule has 0 unspecified atom stereocenters. The maximum Gasteiger partial charge on any atom is 0.238 e. The molecule has 6 heavy (non-hydrogen) atoms. The van der Waals surface area contributed by atoms with Crippen LogP contribution in [-0.4, -0.2) is 13.0 Å². The number of carbonyl (C=O) groups excluding carboxylic acids is 1. The molecule has 0 aliphatic heterocycles. The second kappa shape index (κ2) is 2.66. The van der Waals surface area contributed by atoms with Crippen molar-refractivity contribution in [2.45, 2.75) is 0 Å². The largest absolute Gasteiger partial charge is 0.358 e. The van der Waals surface area contributed by atoms with E-state index in [1.54, 1.807) is 0 Å². The van der Waals surface area contributed by atoms with E-state index in [1.165, 1.54) is 7.05 Å². The first-order chi connectivity index (χ1) is 2.81. The van der Waals surface area contributed by atoms with Gasteiger partial charge in [0, 0.05) is 7.05 Å². The van der Waals surface area contributed by atoms with Crippen molar-refractivity contribution in [3.8, 4) is 0 Å². The highest BCUT2D eigenvalue weighted by Crippen LogP contribution is 1.55. The summed E-state index contributed by atoms with van der Waals surface area (Å²) in [6.45, 7) is 0.972. The molecular weight excluding hydrogens is 80.0 g/mol. The molecule has 35 valence electrons. The lowest BCUT2D eigenvalue weighted by Gasteiger charge is -1.86. The predicted molar refractivity (Wildman–Crippen MR) is 22.6 cm³/mol. The van der Waals surface area contributed by atoms with Gasteiger partial charge in [-0.05, 0) is 0 Å². The van der Waals surface area contributed by atoms with Crippen LogP contribution >= 0.6 is 0 Å². The molecule has 0 aliphatic rings. The van der Waals surface area contributed by atoms with Gasteiger partial charge in [-0.2, -0.15) is 0 Å². The van der Waals surface area contributed by atoms with Crippen LogP contribution in [0.15, 0.2) is 0 Å². The molecule has 0 bridgehead atoms. The van der Waals surface area contributed by atoms with E-state index in [9.17, 15) is 4.79 Å². The normalized spacial score (nSPS) is 7.67. The summed E-state index contributed by atoms with van der Waals surface area (Å²) in [5.41, 5.74) is 4.75. The van der Waals surface area contributed by atoms with E-state index in [0.29, 0.717) is 0 Å². The number of hydrogen-bond acceptors (Lipinski definition) is 2. The number of rotatable bonds is 1. The fourth-order valence-electron chi connectivity index (χ4n) is 0.0833. The molecule has 3 nitrogen and oxygen atoms in total. The Balaban J connectivity index is 2.99. The Bertz CT molecular complexity index is 46.8. The SMILES string of the molecule is CNC(=O)[CH]N. The van der Waals surface area contributed by atoms with E-state index in [-0.39, 0.29) is 5.91 Å². The molecule has 0 aromatic carbocycles. The minimum atomic E-state index is -0.255. The Morgan fingerprint density at radius 1 is 2.00 bits per heavy atom. The molecule has 0 atom stereocenters. The molecular formula is C3H7N2O. The Morgan fingerprint density at radius 2 is 2.50 bits per heavy atom. The van der Waals surface area contributed by atoms with E-state index in [0.717, 1.165) is 6.54 Å². The lowest BCUT2D eigenvalue weighted by Crippen LogP contribution is -2.21. The van der Waals surface area contributed by atoms with Gasteiger partial charge in [0.15, 0.2) is 0 Å². The predicted octanol–water partition coefficient (Wildman–Crippen LogP) is -1.15. The molecule has 0 aliphatic carbocycles. The van der Waals surface area contributed by atoms with Crippen LogP contribution in [0.2, 0.25) is 0 Å². The fraction of sp³-hybridized carbons (Fsp3) is 0.333. The lowest BCUT2D eigenvalue weighted by molar-refractivity contribution is -0.117. The van der Waals surface area contributed by atoms with E-state index >= 15 is 0 Å². The third-order valence-electron chi connectivity index (χ3n) is 0.398. The monoisotopic (exact) mass is 87.1 g/mol. The highest BCUT2D eigenvalue weighted by molar-refractivity contribution is 5.83. The number of hydrogen-bond donors (Lipinski definition) is 2. The average molecular weight is 87.1 g/mol. The highest BCUT2D eigenvalue weighted by Gasteiger charge is 1.85. The molecule has 0 spiro atoms. The van der Waals surface area contributed by atoms with Crippen LogP contribution in [-0.2, 0) is 4.79 Å². The van der Waals surface area contributed by atoms with Crippen molar-refractivity contribution < 1.29 is 4.79 Å². The summed E-state index contributed by atoms with van der Waals surface area (Å²) < 4.78 is 0. The van der Waals surface area contributed by atoms with Gasteiger partial charge < -0.3 is 11.1 Å². The van der Waals surface area contributed by atoms with E-state index in [1.807, 2.05) is 0 Å². The zero-order chi connectivity index (χ0) is 4.99. The van der Waals surface area contributed by atoms with Crippen molar-refractivity contribution in [2.24, 2.45) is 5.73 Å². The number of carbonyl (C=O) groups is 1. The number of nitrogens with one attached hydrogen (secondary N) is 1. The van der Waals surface area contributed by atoms with Gasteiger partial charge in [0.2, 0.25) is 5.91 Å². The maximum absolute atomic E-state index is 9.89. The van der Waals surface area contributed by atoms with Gasteiger partial charge in [0.05, 0.1) is 0 Å². The summed E-state index contributed by atoms with van der Waals surface area (Å²) >= 11 is 0. The molecule has 0 aromatic rings. The van der Waals surface area contributed by atoms with Gasteiger partial charge in [-0.1, -0.05) is 0 Å². The molecule has 3 heteroatoms. The van der Waals surface area contributed by atoms with Gasteiger partial charge in [0.1, 0.15) is 6.54 Å². The van der Waals surface area contributed by atoms with Gasteiger partial charge in [-0.3, -0.25) is 4.79 Å². The smallest absolute Gasteiger partial charge is 0.238 e. The molecule has 0 aromatic heterocycles. The van der Waals surface area contributed by atoms with Crippen LogP contribution in [0.3, 0.4) is 0 Å². The van der Waals surface area contributed by atoms with Gasteiger partial charge >= 0.3 is 0 Å². The second-order valence-corrected chi connectivity index (χ2v) is 0.781. The molecule has 1 amide bonds. The van der Waals surface area contributed by atoms with Crippen LogP contribution < -0.4 is 11.1 Å². The van der Waals surface area contributed by atoms with E-state index < -0.39 is 0 Å². The van der Waals surface area contributed by atoms with Crippen LogP contribution in [0.5, 0.6) is 0 Å². The molecule has 0 saturated carbocycles. The lowest BCUT2D eigenvalue weighted by atomic mass is 10.6. The van der Waals surface area contributed by atoms with Crippen LogP contribution in [0, 0.1) is 6.54 Å². The summed E-state index contributed by atoms with van der Waals surface area (Å²) in [5.74, 6) is -0.255. The van der Waals surface area contributed by atoms with E-state index in [2.05, 4.69) is 5.32 Å². The van der Waals surface area contributed by atoms with E-state index in [4.69, 9.17) is 5.73 Å². The van der Waals surface area contributed by atoms with Crippen LogP contribution in [0.1, 0.15) is 0 Å². The van der Waals surface area contributed by atoms with Gasteiger partial charge in [-0.25, -0.2) is 0 Å². The minimum Gasteiger partial charge on any atom is -0.358 e. The third kappa shape index (κ3) is 1.72. The summed E-state index contributed by atoms with van der Waals surface area (Å²) in [7, 11) is 1.52. The quantitative estimate of drug-likeness (QED) is 0.424. The van der Waals surface area contributed by atoms with Gasteiger partial charge in [-0.15, -0.1) is 0 Å². The average Bonchev–Trinajstić information content (AvgIpc) is 1.65. The van der Waals surface area contributed by atoms with Crippen molar-refractivity contribution in [3.05, 3.63) is 6.54 Å². The Labute approximate surface area is 36.5 Å².